The number of amides is 2. The number of carbonyl (C=O) groups excluding carboxylic acids is 1. The van der Waals surface area contributed by atoms with E-state index in [-0.39, 0.29) is 0 Å². The summed E-state index contributed by atoms with van der Waals surface area (Å²) in [6.07, 6.45) is 2.79. The lowest BCUT2D eigenvalue weighted by Gasteiger charge is -2.06. The number of primary amides is 1. The number of hydrogen-bond acceptors (Lipinski definition) is 2. The molecule has 0 aliphatic carbocycles. The van der Waals surface area contributed by atoms with E-state index >= 15 is 0 Å². The number of urea groups is 1. The first-order chi connectivity index (χ1) is 6.65. The van der Waals surface area contributed by atoms with E-state index in [1.807, 2.05) is 10.8 Å². The van der Waals surface area contributed by atoms with Gasteiger partial charge in [-0.05, 0) is 18.6 Å². The number of nitrogens with one attached hydrogen (secondary N) is 2. The van der Waals surface area contributed by atoms with Gasteiger partial charge in [0.1, 0.15) is 0 Å². The largest absolute Gasteiger partial charge is 0.352 e. The molecule has 0 saturated heterocycles. The van der Waals surface area contributed by atoms with Crippen LogP contribution in [0.25, 0.3) is 0 Å². The zero-order valence-corrected chi connectivity index (χ0v) is 8.86. The third-order valence-corrected chi connectivity index (χ3v) is 2.29. The van der Waals surface area contributed by atoms with Gasteiger partial charge in [-0.15, -0.1) is 0 Å². The fourth-order valence-electron chi connectivity index (χ4n) is 1.26. The number of aromatic amines is 1. The highest BCUT2D eigenvalue weighted by atomic mass is 32.1. The molecule has 0 saturated carbocycles. The Morgan fingerprint density at radius 3 is 3.07 bits per heavy atom. The van der Waals surface area contributed by atoms with Gasteiger partial charge in [-0.1, -0.05) is 6.92 Å². The monoisotopic (exact) mass is 214 g/mol. The smallest absolute Gasteiger partial charge is 0.312 e. The molecule has 1 heterocycles. The summed E-state index contributed by atoms with van der Waals surface area (Å²) in [5.41, 5.74) is 6.07. The maximum absolute atomic E-state index is 10.4. The van der Waals surface area contributed by atoms with Gasteiger partial charge in [0.15, 0.2) is 4.77 Å². The van der Waals surface area contributed by atoms with Crippen LogP contribution in [0.2, 0.25) is 0 Å². The van der Waals surface area contributed by atoms with Crippen LogP contribution in [0.1, 0.15) is 12.6 Å². The minimum absolute atomic E-state index is 0.495. The first kappa shape index (κ1) is 10.8. The number of nitrogens with two attached hydrogens (primary N) is 1. The molecule has 1 rings (SSSR count). The van der Waals surface area contributed by atoms with Gasteiger partial charge in [0.25, 0.3) is 0 Å². The fraction of sp³-hybridized carbons (Fsp3) is 0.500. The molecular formula is C8H14N4OS. The molecule has 0 bridgehead atoms. The molecule has 0 aliphatic rings. The second-order valence-corrected chi connectivity index (χ2v) is 3.27. The van der Waals surface area contributed by atoms with Crippen LogP contribution in [-0.2, 0) is 13.0 Å². The van der Waals surface area contributed by atoms with Crippen LogP contribution in [0.3, 0.4) is 0 Å². The summed E-state index contributed by atoms with van der Waals surface area (Å²) in [5.74, 6) is 0. The SMILES string of the molecule is CCc1c[nH]c(=S)n1CCNC(N)=O. The average molecular weight is 214 g/mol. The van der Waals surface area contributed by atoms with Crippen molar-refractivity contribution in [3.8, 4) is 0 Å². The highest BCUT2D eigenvalue weighted by Gasteiger charge is 2.01. The van der Waals surface area contributed by atoms with Crippen molar-refractivity contribution in [1.82, 2.24) is 14.9 Å². The van der Waals surface area contributed by atoms with Crippen LogP contribution in [0.4, 0.5) is 4.79 Å². The topological polar surface area (TPSA) is 75.8 Å². The number of hydrogen-bond donors (Lipinski definition) is 3. The van der Waals surface area contributed by atoms with Crippen LogP contribution in [0, 0.1) is 4.77 Å². The number of nitrogens with zero attached hydrogens (tertiary/aromatic N) is 1. The van der Waals surface area contributed by atoms with Gasteiger partial charge >= 0.3 is 6.03 Å². The lowest BCUT2D eigenvalue weighted by atomic mass is 10.3. The van der Waals surface area contributed by atoms with Crippen LogP contribution in [0.5, 0.6) is 0 Å². The number of H-pyrrole nitrogens is 1. The number of aromatic nitrogens is 2. The zero-order chi connectivity index (χ0) is 10.6. The van der Waals surface area contributed by atoms with Gasteiger partial charge in [-0.2, -0.15) is 0 Å². The summed E-state index contributed by atoms with van der Waals surface area (Å²) in [6, 6.07) is -0.509. The van der Waals surface area contributed by atoms with E-state index in [4.69, 9.17) is 18.0 Å². The highest BCUT2D eigenvalue weighted by molar-refractivity contribution is 7.71. The number of carbonyl (C=O) groups is 1. The minimum atomic E-state index is -0.509. The molecule has 0 radical (unpaired) electrons. The Kier molecular flexibility index (Phi) is 3.70. The van der Waals surface area contributed by atoms with E-state index in [0.717, 1.165) is 12.1 Å². The van der Waals surface area contributed by atoms with Crippen LogP contribution in [0.15, 0.2) is 6.20 Å². The van der Waals surface area contributed by atoms with Crippen molar-refractivity contribution in [2.24, 2.45) is 5.73 Å². The summed E-state index contributed by atoms with van der Waals surface area (Å²) in [7, 11) is 0. The quantitative estimate of drug-likeness (QED) is 0.648. The number of rotatable bonds is 4. The first-order valence-corrected chi connectivity index (χ1v) is 4.86. The van der Waals surface area contributed by atoms with Gasteiger partial charge in [-0.3, -0.25) is 0 Å². The summed E-state index contributed by atoms with van der Waals surface area (Å²) in [6.45, 7) is 3.19. The predicted octanol–water partition coefficient (Wildman–Crippen LogP) is 0.776. The first-order valence-electron chi connectivity index (χ1n) is 4.45. The molecule has 14 heavy (non-hydrogen) atoms. The molecule has 0 fully saturated rings. The van der Waals surface area contributed by atoms with Crippen molar-refractivity contribution in [3.05, 3.63) is 16.7 Å². The van der Waals surface area contributed by atoms with Gasteiger partial charge in [0, 0.05) is 25.0 Å². The zero-order valence-electron chi connectivity index (χ0n) is 8.04. The molecule has 0 spiro atoms. The Morgan fingerprint density at radius 1 is 1.79 bits per heavy atom. The van der Waals surface area contributed by atoms with E-state index in [9.17, 15) is 4.79 Å². The Labute approximate surface area is 87.3 Å². The van der Waals surface area contributed by atoms with E-state index in [0.29, 0.717) is 17.9 Å². The maximum Gasteiger partial charge on any atom is 0.312 e. The van der Waals surface area contributed by atoms with E-state index < -0.39 is 6.03 Å². The summed E-state index contributed by atoms with van der Waals surface area (Å²) >= 11 is 5.08. The molecule has 2 amide bonds. The van der Waals surface area contributed by atoms with Crippen molar-refractivity contribution in [1.29, 1.82) is 0 Å². The van der Waals surface area contributed by atoms with Gasteiger partial charge < -0.3 is 20.6 Å². The fourth-order valence-corrected chi connectivity index (χ4v) is 1.53. The average Bonchev–Trinajstić information content (AvgIpc) is 2.47. The van der Waals surface area contributed by atoms with Crippen LogP contribution < -0.4 is 11.1 Å². The molecule has 1 aromatic heterocycles. The molecule has 4 N–H and O–H groups in total. The van der Waals surface area contributed by atoms with E-state index in [1.54, 1.807) is 0 Å². The molecule has 0 unspecified atom stereocenters. The minimum Gasteiger partial charge on any atom is -0.352 e. The Bertz CT molecular complexity index is 368. The molecule has 78 valence electrons. The number of imidazole rings is 1. The van der Waals surface area contributed by atoms with Crippen molar-refractivity contribution in [3.63, 3.8) is 0 Å². The second-order valence-electron chi connectivity index (χ2n) is 2.88. The van der Waals surface area contributed by atoms with Crippen LogP contribution in [-0.4, -0.2) is 22.1 Å². The van der Waals surface area contributed by atoms with E-state index in [1.165, 1.54) is 0 Å². The normalized spacial score (nSPS) is 10.1. The van der Waals surface area contributed by atoms with Crippen molar-refractivity contribution in [2.75, 3.05) is 6.54 Å². The van der Waals surface area contributed by atoms with E-state index in [2.05, 4.69) is 17.2 Å². The van der Waals surface area contributed by atoms with Gasteiger partial charge in [0.05, 0.1) is 0 Å². The summed E-state index contributed by atoms with van der Waals surface area (Å²) in [5, 5.41) is 2.52. The number of aryl methyl sites for hydroxylation is 1. The molecule has 1 aromatic rings. The lowest BCUT2D eigenvalue weighted by molar-refractivity contribution is 0.248. The predicted molar refractivity (Wildman–Crippen MR) is 56.6 cm³/mol. The summed E-state index contributed by atoms with van der Waals surface area (Å²) in [4.78, 5) is 13.4. The molecule has 6 heteroatoms. The maximum atomic E-state index is 10.4. The third kappa shape index (κ3) is 2.59. The Balaban J connectivity index is 2.61. The Morgan fingerprint density at radius 2 is 2.50 bits per heavy atom. The molecule has 0 aliphatic heterocycles. The van der Waals surface area contributed by atoms with Crippen LogP contribution >= 0.6 is 12.2 Å². The standard InChI is InChI=1S/C8H14N4OS/c1-2-6-5-11-8(14)12(6)4-3-10-7(9)13/h5H,2-4H2,1H3,(H,11,14)(H3,9,10,13). The van der Waals surface area contributed by atoms with Gasteiger partial charge in [0.2, 0.25) is 0 Å². The molecule has 0 atom stereocenters. The second kappa shape index (κ2) is 4.80. The lowest BCUT2D eigenvalue weighted by Crippen LogP contribution is -2.32. The molecule has 5 nitrogen and oxygen atoms in total. The highest BCUT2D eigenvalue weighted by Crippen LogP contribution is 2.01. The van der Waals surface area contributed by atoms with Crippen molar-refractivity contribution < 1.29 is 4.79 Å². The van der Waals surface area contributed by atoms with Crippen molar-refractivity contribution >= 4 is 18.2 Å². The van der Waals surface area contributed by atoms with Crippen molar-refractivity contribution in [2.45, 2.75) is 19.9 Å². The molecule has 0 aromatic carbocycles. The van der Waals surface area contributed by atoms with Gasteiger partial charge in [-0.25, -0.2) is 4.79 Å². The molecular weight excluding hydrogens is 200 g/mol. The summed E-state index contributed by atoms with van der Waals surface area (Å²) < 4.78 is 2.62. The third-order valence-electron chi connectivity index (χ3n) is 1.95. The Hall–Kier alpha value is -1.30.